The smallest absolute Gasteiger partial charge is 0.240 e. The van der Waals surface area contributed by atoms with E-state index >= 15 is 0 Å². The lowest BCUT2D eigenvalue weighted by Gasteiger charge is -2.22. The van der Waals surface area contributed by atoms with Gasteiger partial charge in [-0.1, -0.05) is 60.7 Å². The van der Waals surface area contributed by atoms with Crippen molar-refractivity contribution in [3.05, 3.63) is 90.5 Å². The summed E-state index contributed by atoms with van der Waals surface area (Å²) in [6.45, 7) is 0.194. The summed E-state index contributed by atoms with van der Waals surface area (Å²) in [5.41, 5.74) is 1.77. The van der Waals surface area contributed by atoms with Crippen molar-refractivity contribution in [2.24, 2.45) is 0 Å². The van der Waals surface area contributed by atoms with Gasteiger partial charge in [-0.3, -0.25) is 0 Å². The fourth-order valence-corrected chi connectivity index (χ4v) is 3.83. The molecule has 2 N–H and O–H groups in total. The summed E-state index contributed by atoms with van der Waals surface area (Å²) in [4.78, 5) is 0.245. The zero-order chi connectivity index (χ0) is 19.1. The van der Waals surface area contributed by atoms with Gasteiger partial charge in [0.1, 0.15) is 5.75 Å². The molecule has 0 aliphatic rings. The van der Waals surface area contributed by atoms with Crippen LogP contribution in [0.3, 0.4) is 0 Å². The fourth-order valence-electron chi connectivity index (χ4n) is 2.77. The van der Waals surface area contributed by atoms with Gasteiger partial charge in [0.15, 0.2) is 0 Å². The van der Waals surface area contributed by atoms with Gasteiger partial charge in [-0.25, -0.2) is 13.1 Å². The van der Waals surface area contributed by atoms with E-state index < -0.39 is 10.0 Å². The summed E-state index contributed by atoms with van der Waals surface area (Å²) in [5, 5.41) is 3.39. The van der Waals surface area contributed by atoms with Gasteiger partial charge < -0.3 is 10.1 Å². The maximum Gasteiger partial charge on any atom is 0.240 e. The number of nitrogens with one attached hydrogen (secondary N) is 2. The van der Waals surface area contributed by atoms with Gasteiger partial charge in [-0.2, -0.15) is 0 Å². The van der Waals surface area contributed by atoms with Crippen molar-refractivity contribution in [1.82, 2.24) is 4.72 Å². The highest BCUT2D eigenvalue weighted by Gasteiger charge is 2.19. The lowest BCUT2D eigenvalue weighted by atomic mass is 10.1. The second-order valence-corrected chi connectivity index (χ2v) is 7.74. The summed E-state index contributed by atoms with van der Waals surface area (Å²) in [6.07, 6.45) is 0. The SMILES string of the molecule is COc1ccccc1N[C@@H](CNS(=O)(=O)c1ccccc1)c1ccccc1. The van der Waals surface area contributed by atoms with Crippen LogP contribution in [0.1, 0.15) is 11.6 Å². The number of benzene rings is 3. The normalized spacial score (nSPS) is 12.3. The molecular weight excluding hydrogens is 360 g/mol. The average molecular weight is 382 g/mol. The van der Waals surface area contributed by atoms with Crippen molar-refractivity contribution < 1.29 is 13.2 Å². The van der Waals surface area contributed by atoms with E-state index in [1.54, 1.807) is 37.4 Å². The molecule has 3 aromatic rings. The molecule has 0 saturated heterocycles. The molecule has 0 fully saturated rings. The van der Waals surface area contributed by atoms with Crippen molar-refractivity contribution in [2.75, 3.05) is 19.0 Å². The monoisotopic (exact) mass is 382 g/mol. The zero-order valence-electron chi connectivity index (χ0n) is 15.0. The van der Waals surface area contributed by atoms with Crippen molar-refractivity contribution in [1.29, 1.82) is 0 Å². The van der Waals surface area contributed by atoms with Crippen molar-refractivity contribution in [3.8, 4) is 5.75 Å². The predicted molar refractivity (Wildman–Crippen MR) is 107 cm³/mol. The predicted octanol–water partition coefficient (Wildman–Crippen LogP) is 3.83. The fraction of sp³-hybridized carbons (Fsp3) is 0.143. The van der Waals surface area contributed by atoms with Gasteiger partial charge in [0.05, 0.1) is 23.7 Å². The number of sulfonamides is 1. The van der Waals surface area contributed by atoms with Crippen molar-refractivity contribution in [2.45, 2.75) is 10.9 Å². The van der Waals surface area contributed by atoms with Gasteiger partial charge in [0.2, 0.25) is 10.0 Å². The molecule has 140 valence electrons. The van der Waals surface area contributed by atoms with E-state index in [-0.39, 0.29) is 17.5 Å². The van der Waals surface area contributed by atoms with Crippen LogP contribution in [0, 0.1) is 0 Å². The molecule has 6 heteroatoms. The molecule has 0 amide bonds. The highest BCUT2D eigenvalue weighted by molar-refractivity contribution is 7.89. The number of rotatable bonds is 8. The number of ether oxygens (including phenoxy) is 1. The minimum absolute atomic E-state index is 0.194. The lowest BCUT2D eigenvalue weighted by molar-refractivity contribution is 0.416. The van der Waals surface area contributed by atoms with E-state index in [1.807, 2.05) is 54.6 Å². The first-order valence-electron chi connectivity index (χ1n) is 8.59. The molecule has 0 aliphatic heterocycles. The Morgan fingerprint density at radius 2 is 1.44 bits per heavy atom. The summed E-state index contributed by atoms with van der Waals surface area (Å²) in [5.74, 6) is 0.698. The Labute approximate surface area is 160 Å². The summed E-state index contributed by atoms with van der Waals surface area (Å²) in [6, 6.07) is 25.4. The minimum atomic E-state index is -3.59. The topological polar surface area (TPSA) is 67.4 Å². The molecule has 0 unspecified atom stereocenters. The van der Waals surface area contributed by atoms with Crippen LogP contribution in [-0.2, 0) is 10.0 Å². The Kier molecular flexibility index (Phi) is 6.11. The first-order valence-corrected chi connectivity index (χ1v) is 10.1. The van der Waals surface area contributed by atoms with Gasteiger partial charge in [-0.05, 0) is 29.8 Å². The van der Waals surface area contributed by atoms with Gasteiger partial charge in [-0.15, -0.1) is 0 Å². The highest BCUT2D eigenvalue weighted by atomic mass is 32.2. The zero-order valence-corrected chi connectivity index (χ0v) is 15.8. The van der Waals surface area contributed by atoms with Crippen LogP contribution in [0.5, 0.6) is 5.75 Å². The number of anilines is 1. The molecule has 0 saturated carbocycles. The Morgan fingerprint density at radius 3 is 2.11 bits per heavy atom. The van der Waals surface area contributed by atoms with Crippen LogP contribution in [0.25, 0.3) is 0 Å². The summed E-state index contributed by atoms with van der Waals surface area (Å²) >= 11 is 0. The number of hydrogen-bond acceptors (Lipinski definition) is 4. The summed E-state index contributed by atoms with van der Waals surface area (Å²) in [7, 11) is -1.99. The third-order valence-electron chi connectivity index (χ3n) is 4.17. The first kappa shape index (κ1) is 18.9. The Morgan fingerprint density at radius 1 is 0.852 bits per heavy atom. The van der Waals surface area contributed by atoms with Gasteiger partial charge in [0.25, 0.3) is 0 Å². The molecule has 0 spiro atoms. The van der Waals surface area contributed by atoms with Gasteiger partial charge >= 0.3 is 0 Å². The molecule has 3 aromatic carbocycles. The van der Waals surface area contributed by atoms with Crippen LogP contribution in [-0.4, -0.2) is 22.1 Å². The number of methoxy groups -OCH3 is 1. The molecule has 5 nitrogen and oxygen atoms in total. The number of hydrogen-bond donors (Lipinski definition) is 2. The Hall–Kier alpha value is -2.83. The van der Waals surface area contributed by atoms with E-state index in [0.717, 1.165) is 11.3 Å². The molecule has 3 rings (SSSR count). The van der Waals surface area contributed by atoms with Crippen molar-refractivity contribution in [3.63, 3.8) is 0 Å². The standard InChI is InChI=1S/C21H22N2O3S/c1-26-21-15-9-8-14-19(21)23-20(17-10-4-2-5-11-17)16-22-27(24,25)18-12-6-3-7-13-18/h2-15,20,22-23H,16H2,1H3/t20-/m0/s1. The van der Waals surface area contributed by atoms with Crippen LogP contribution < -0.4 is 14.8 Å². The minimum Gasteiger partial charge on any atom is -0.495 e. The Bertz CT molecular complexity index is 961. The van der Waals surface area contributed by atoms with Crippen molar-refractivity contribution >= 4 is 15.7 Å². The summed E-state index contributed by atoms with van der Waals surface area (Å²) < 4.78 is 33.3. The van der Waals surface area contributed by atoms with E-state index in [4.69, 9.17) is 4.74 Å². The van der Waals surface area contributed by atoms with E-state index in [1.165, 1.54) is 0 Å². The third kappa shape index (κ3) is 4.87. The van der Waals surface area contributed by atoms with E-state index in [0.29, 0.717) is 5.75 Å². The first-order chi connectivity index (χ1) is 13.1. The Balaban J connectivity index is 1.83. The van der Waals surface area contributed by atoms with Gasteiger partial charge in [0, 0.05) is 6.54 Å². The molecule has 0 aliphatic carbocycles. The number of para-hydroxylation sites is 2. The van der Waals surface area contributed by atoms with Crippen LogP contribution in [0.2, 0.25) is 0 Å². The molecule has 0 radical (unpaired) electrons. The lowest BCUT2D eigenvalue weighted by Crippen LogP contribution is -2.31. The maximum atomic E-state index is 12.6. The second kappa shape index (κ2) is 8.70. The molecule has 0 bridgehead atoms. The molecule has 1 atom stereocenters. The second-order valence-electron chi connectivity index (χ2n) is 5.97. The van der Waals surface area contributed by atoms with Crippen LogP contribution in [0.4, 0.5) is 5.69 Å². The average Bonchev–Trinajstić information content (AvgIpc) is 2.72. The third-order valence-corrected chi connectivity index (χ3v) is 5.61. The highest BCUT2D eigenvalue weighted by Crippen LogP contribution is 2.28. The quantitative estimate of drug-likeness (QED) is 0.621. The van der Waals surface area contributed by atoms with Crippen LogP contribution in [0.15, 0.2) is 89.8 Å². The van der Waals surface area contributed by atoms with Crippen LogP contribution >= 0.6 is 0 Å². The maximum absolute atomic E-state index is 12.6. The molecule has 27 heavy (non-hydrogen) atoms. The van der Waals surface area contributed by atoms with E-state index in [2.05, 4.69) is 10.0 Å². The largest absolute Gasteiger partial charge is 0.495 e. The molecule has 0 heterocycles. The molecular formula is C21H22N2O3S. The van der Waals surface area contributed by atoms with E-state index in [9.17, 15) is 8.42 Å². The molecule has 0 aromatic heterocycles.